The highest BCUT2D eigenvalue weighted by molar-refractivity contribution is 7.86. The standard InChI is InChI=1S/C6H14N2O4S/c1-11-6-4-8(13(7,9)10)2-3-12-5-6/h6H,2-5H2,1H3,(H2,7,9,10). The first-order valence-electron chi connectivity index (χ1n) is 3.92. The van der Waals surface area contributed by atoms with Gasteiger partial charge in [0.1, 0.15) is 0 Å². The molecule has 1 rings (SSSR count). The van der Waals surface area contributed by atoms with Gasteiger partial charge < -0.3 is 9.47 Å². The Morgan fingerprint density at radius 1 is 1.62 bits per heavy atom. The summed E-state index contributed by atoms with van der Waals surface area (Å²) in [5, 5.41) is 4.98. The fraction of sp³-hybridized carbons (Fsp3) is 1.00. The summed E-state index contributed by atoms with van der Waals surface area (Å²) in [5.41, 5.74) is 0. The van der Waals surface area contributed by atoms with Crippen LogP contribution in [0, 0.1) is 0 Å². The molecular weight excluding hydrogens is 196 g/mol. The first-order valence-corrected chi connectivity index (χ1v) is 5.43. The predicted molar refractivity (Wildman–Crippen MR) is 46.3 cm³/mol. The lowest BCUT2D eigenvalue weighted by Gasteiger charge is -2.19. The zero-order chi connectivity index (χ0) is 9.90. The predicted octanol–water partition coefficient (Wildman–Crippen LogP) is -1.46. The monoisotopic (exact) mass is 210 g/mol. The lowest BCUT2D eigenvalue weighted by molar-refractivity contribution is 0.0259. The fourth-order valence-electron chi connectivity index (χ4n) is 1.13. The van der Waals surface area contributed by atoms with Crippen LogP contribution in [-0.2, 0) is 19.7 Å². The van der Waals surface area contributed by atoms with Crippen molar-refractivity contribution in [1.82, 2.24) is 4.31 Å². The highest BCUT2D eigenvalue weighted by Gasteiger charge is 2.24. The van der Waals surface area contributed by atoms with Gasteiger partial charge in [0.05, 0.1) is 19.3 Å². The van der Waals surface area contributed by atoms with Gasteiger partial charge in [0.15, 0.2) is 0 Å². The van der Waals surface area contributed by atoms with E-state index < -0.39 is 10.2 Å². The largest absolute Gasteiger partial charge is 0.378 e. The van der Waals surface area contributed by atoms with Gasteiger partial charge in [0, 0.05) is 20.2 Å². The highest BCUT2D eigenvalue weighted by atomic mass is 32.2. The number of nitrogens with zero attached hydrogens (tertiary/aromatic N) is 1. The molecule has 0 aromatic rings. The van der Waals surface area contributed by atoms with E-state index in [-0.39, 0.29) is 12.6 Å². The Kier molecular flexibility index (Phi) is 3.63. The van der Waals surface area contributed by atoms with Crippen molar-refractivity contribution in [2.75, 3.05) is 33.4 Å². The van der Waals surface area contributed by atoms with Crippen molar-refractivity contribution in [2.45, 2.75) is 6.10 Å². The van der Waals surface area contributed by atoms with E-state index >= 15 is 0 Å². The van der Waals surface area contributed by atoms with Gasteiger partial charge in [0.2, 0.25) is 0 Å². The average molecular weight is 210 g/mol. The molecule has 0 aliphatic carbocycles. The van der Waals surface area contributed by atoms with Crippen LogP contribution < -0.4 is 5.14 Å². The molecule has 13 heavy (non-hydrogen) atoms. The quantitative estimate of drug-likeness (QED) is 0.603. The first-order chi connectivity index (χ1) is 6.04. The van der Waals surface area contributed by atoms with Crippen molar-refractivity contribution >= 4 is 10.2 Å². The number of nitrogens with two attached hydrogens (primary N) is 1. The Balaban J connectivity index is 2.65. The lowest BCUT2D eigenvalue weighted by Crippen LogP contribution is -2.42. The normalized spacial score (nSPS) is 27.1. The molecule has 6 nitrogen and oxygen atoms in total. The van der Waals surface area contributed by atoms with Crippen molar-refractivity contribution in [3.63, 3.8) is 0 Å². The highest BCUT2D eigenvalue weighted by Crippen LogP contribution is 2.05. The lowest BCUT2D eigenvalue weighted by atomic mass is 10.4. The molecule has 1 fully saturated rings. The molecule has 0 aromatic carbocycles. The molecule has 1 aliphatic rings. The summed E-state index contributed by atoms with van der Waals surface area (Å²) in [4.78, 5) is 0. The number of methoxy groups -OCH3 is 1. The van der Waals surface area contributed by atoms with Crippen LogP contribution in [0.25, 0.3) is 0 Å². The second-order valence-electron chi connectivity index (χ2n) is 2.84. The van der Waals surface area contributed by atoms with E-state index in [0.29, 0.717) is 19.8 Å². The summed E-state index contributed by atoms with van der Waals surface area (Å²) in [6.07, 6.45) is -0.235. The van der Waals surface area contributed by atoms with E-state index in [0.717, 1.165) is 4.31 Å². The van der Waals surface area contributed by atoms with Gasteiger partial charge in [-0.15, -0.1) is 0 Å². The molecule has 1 aliphatic heterocycles. The molecule has 0 spiro atoms. The topological polar surface area (TPSA) is 81.9 Å². The molecule has 1 atom stereocenters. The van der Waals surface area contributed by atoms with E-state index in [1.165, 1.54) is 7.11 Å². The summed E-state index contributed by atoms with van der Waals surface area (Å²) >= 11 is 0. The van der Waals surface area contributed by atoms with Gasteiger partial charge in [0.25, 0.3) is 10.2 Å². The first kappa shape index (κ1) is 10.9. The molecule has 7 heteroatoms. The van der Waals surface area contributed by atoms with Gasteiger partial charge in [-0.05, 0) is 0 Å². The van der Waals surface area contributed by atoms with Crippen LogP contribution in [0.2, 0.25) is 0 Å². The van der Waals surface area contributed by atoms with Gasteiger partial charge in [-0.25, -0.2) is 5.14 Å². The minimum Gasteiger partial charge on any atom is -0.378 e. The van der Waals surface area contributed by atoms with Crippen LogP contribution in [0.4, 0.5) is 0 Å². The molecule has 1 unspecified atom stereocenters. The maximum atomic E-state index is 11.0. The summed E-state index contributed by atoms with van der Waals surface area (Å²) in [7, 11) is -2.10. The Labute approximate surface area is 77.8 Å². The van der Waals surface area contributed by atoms with E-state index in [2.05, 4.69) is 0 Å². The SMILES string of the molecule is COC1COCCN(S(N)(=O)=O)C1. The molecule has 0 saturated carbocycles. The molecule has 0 amide bonds. The van der Waals surface area contributed by atoms with Gasteiger partial charge in [-0.1, -0.05) is 0 Å². The third-order valence-corrected chi connectivity index (χ3v) is 2.94. The maximum absolute atomic E-state index is 11.0. The van der Waals surface area contributed by atoms with Crippen molar-refractivity contribution < 1.29 is 17.9 Å². The summed E-state index contributed by atoms with van der Waals surface area (Å²) in [6.45, 7) is 1.31. The molecule has 0 aromatic heterocycles. The summed E-state index contributed by atoms with van der Waals surface area (Å²) in [6, 6.07) is 0. The van der Waals surface area contributed by atoms with Gasteiger partial charge >= 0.3 is 0 Å². The second kappa shape index (κ2) is 4.34. The zero-order valence-corrected chi connectivity index (χ0v) is 8.29. The minimum absolute atomic E-state index is 0.235. The summed E-state index contributed by atoms with van der Waals surface area (Å²) < 4.78 is 33.3. The van der Waals surface area contributed by atoms with E-state index in [9.17, 15) is 8.42 Å². The van der Waals surface area contributed by atoms with Crippen LogP contribution in [0.1, 0.15) is 0 Å². The zero-order valence-electron chi connectivity index (χ0n) is 7.47. The molecule has 1 heterocycles. The van der Waals surface area contributed by atoms with Crippen molar-refractivity contribution in [3.8, 4) is 0 Å². The Hall–Kier alpha value is -0.210. The van der Waals surface area contributed by atoms with Crippen LogP contribution in [0.3, 0.4) is 0 Å². The average Bonchev–Trinajstić information content (AvgIpc) is 2.27. The molecule has 78 valence electrons. The van der Waals surface area contributed by atoms with Crippen molar-refractivity contribution in [3.05, 3.63) is 0 Å². The van der Waals surface area contributed by atoms with E-state index in [4.69, 9.17) is 14.6 Å². The molecule has 2 N–H and O–H groups in total. The molecule has 1 saturated heterocycles. The van der Waals surface area contributed by atoms with Crippen LogP contribution >= 0.6 is 0 Å². The number of rotatable bonds is 2. The van der Waals surface area contributed by atoms with E-state index in [1.54, 1.807) is 0 Å². The molecule has 0 bridgehead atoms. The maximum Gasteiger partial charge on any atom is 0.277 e. The van der Waals surface area contributed by atoms with Crippen LogP contribution in [0.5, 0.6) is 0 Å². The van der Waals surface area contributed by atoms with Gasteiger partial charge in [-0.3, -0.25) is 0 Å². The fourth-order valence-corrected chi connectivity index (χ4v) is 1.83. The Morgan fingerprint density at radius 3 is 2.85 bits per heavy atom. The molecule has 0 radical (unpaired) electrons. The third kappa shape index (κ3) is 3.20. The number of hydrogen-bond donors (Lipinski definition) is 1. The number of ether oxygens (including phenoxy) is 2. The summed E-state index contributed by atoms with van der Waals surface area (Å²) in [5.74, 6) is 0. The van der Waals surface area contributed by atoms with Gasteiger partial charge in [-0.2, -0.15) is 12.7 Å². The minimum atomic E-state index is -3.62. The van der Waals surface area contributed by atoms with Crippen LogP contribution in [-0.4, -0.2) is 52.2 Å². The van der Waals surface area contributed by atoms with Crippen molar-refractivity contribution in [1.29, 1.82) is 0 Å². The Morgan fingerprint density at radius 2 is 2.31 bits per heavy atom. The number of hydrogen-bond acceptors (Lipinski definition) is 4. The van der Waals surface area contributed by atoms with E-state index in [1.807, 2.05) is 0 Å². The Bertz CT molecular complexity index is 253. The second-order valence-corrected chi connectivity index (χ2v) is 4.38. The molecular formula is C6H14N2O4S. The third-order valence-electron chi connectivity index (χ3n) is 1.89. The van der Waals surface area contributed by atoms with Crippen molar-refractivity contribution in [2.24, 2.45) is 5.14 Å². The van der Waals surface area contributed by atoms with Crippen LogP contribution in [0.15, 0.2) is 0 Å². The smallest absolute Gasteiger partial charge is 0.277 e.